The molecule has 0 bridgehead atoms. The Morgan fingerprint density at radius 3 is 2.50 bits per heavy atom. The number of ether oxygens (including phenoxy) is 2. The van der Waals surface area contributed by atoms with Crippen molar-refractivity contribution >= 4 is 17.5 Å². The summed E-state index contributed by atoms with van der Waals surface area (Å²) in [5.41, 5.74) is 2.47. The molecule has 7 heteroatoms. The molecule has 7 nitrogen and oxygen atoms in total. The Balaban J connectivity index is 1.44. The van der Waals surface area contributed by atoms with Crippen LogP contribution >= 0.6 is 0 Å². The van der Waals surface area contributed by atoms with Gasteiger partial charge in [0.25, 0.3) is 11.8 Å². The molecule has 0 saturated carbocycles. The summed E-state index contributed by atoms with van der Waals surface area (Å²) in [6, 6.07) is 20.5. The second-order valence-corrected chi connectivity index (χ2v) is 6.56. The molecule has 0 aromatic heterocycles. The molecule has 1 aliphatic rings. The summed E-state index contributed by atoms with van der Waals surface area (Å²) in [5.74, 6) is 0.650. The highest BCUT2D eigenvalue weighted by Gasteiger charge is 2.16. The highest BCUT2D eigenvalue weighted by atomic mass is 16.7. The van der Waals surface area contributed by atoms with E-state index in [0.29, 0.717) is 40.4 Å². The third kappa shape index (κ3) is 4.08. The van der Waals surface area contributed by atoms with Gasteiger partial charge >= 0.3 is 0 Å². The quantitative estimate of drug-likeness (QED) is 0.684. The van der Waals surface area contributed by atoms with Gasteiger partial charge in [0.15, 0.2) is 11.5 Å². The number of carbonyl (C=O) groups is 2. The third-order valence-corrected chi connectivity index (χ3v) is 4.59. The standard InChI is InChI=1S/C23H17N3O4/c24-12-15-5-8-17(9-6-15)22(27)26-19-4-2-1-3-18(19)23(28)25-13-16-7-10-20-21(11-16)30-14-29-20/h1-11H,13-14H2,(H,25,28)(H,26,27). The number of fused-ring (bicyclic) bond motifs is 1. The van der Waals surface area contributed by atoms with E-state index in [1.54, 1.807) is 54.6 Å². The molecule has 0 spiro atoms. The zero-order valence-corrected chi connectivity index (χ0v) is 15.8. The maximum absolute atomic E-state index is 12.7. The van der Waals surface area contributed by atoms with Crippen LogP contribution in [0, 0.1) is 11.3 Å². The van der Waals surface area contributed by atoms with Crippen LogP contribution in [0.25, 0.3) is 0 Å². The Bertz CT molecular complexity index is 1150. The van der Waals surface area contributed by atoms with Crippen LogP contribution in [0.5, 0.6) is 11.5 Å². The molecule has 0 saturated heterocycles. The molecule has 0 atom stereocenters. The summed E-state index contributed by atoms with van der Waals surface area (Å²) in [7, 11) is 0. The molecule has 4 rings (SSSR count). The van der Waals surface area contributed by atoms with Gasteiger partial charge in [-0.05, 0) is 54.1 Å². The van der Waals surface area contributed by atoms with Crippen LogP contribution in [0.2, 0.25) is 0 Å². The Hall–Kier alpha value is -4.31. The minimum Gasteiger partial charge on any atom is -0.454 e. The first-order valence-electron chi connectivity index (χ1n) is 9.21. The van der Waals surface area contributed by atoms with E-state index in [9.17, 15) is 9.59 Å². The zero-order chi connectivity index (χ0) is 20.9. The number of anilines is 1. The molecule has 0 unspecified atom stereocenters. The van der Waals surface area contributed by atoms with Crippen LogP contribution in [-0.2, 0) is 6.54 Å². The van der Waals surface area contributed by atoms with Crippen molar-refractivity contribution in [2.24, 2.45) is 0 Å². The number of rotatable bonds is 5. The Labute approximate surface area is 172 Å². The average Bonchev–Trinajstić information content (AvgIpc) is 3.26. The molecule has 0 aliphatic carbocycles. The topological polar surface area (TPSA) is 100 Å². The highest BCUT2D eigenvalue weighted by molar-refractivity contribution is 6.09. The van der Waals surface area contributed by atoms with Gasteiger partial charge in [-0.2, -0.15) is 5.26 Å². The fourth-order valence-corrected chi connectivity index (χ4v) is 3.01. The van der Waals surface area contributed by atoms with Crippen molar-refractivity contribution in [1.82, 2.24) is 5.32 Å². The number of nitrogens with one attached hydrogen (secondary N) is 2. The van der Waals surface area contributed by atoms with Gasteiger partial charge in [-0.25, -0.2) is 0 Å². The monoisotopic (exact) mass is 399 g/mol. The molecule has 2 amide bonds. The van der Waals surface area contributed by atoms with E-state index in [-0.39, 0.29) is 18.6 Å². The maximum atomic E-state index is 12.7. The average molecular weight is 399 g/mol. The Morgan fingerprint density at radius 1 is 0.933 bits per heavy atom. The largest absolute Gasteiger partial charge is 0.454 e. The van der Waals surface area contributed by atoms with E-state index in [2.05, 4.69) is 10.6 Å². The van der Waals surface area contributed by atoms with Gasteiger partial charge in [0, 0.05) is 12.1 Å². The minimum absolute atomic E-state index is 0.192. The van der Waals surface area contributed by atoms with Crippen LogP contribution in [-0.4, -0.2) is 18.6 Å². The predicted octanol–water partition coefficient (Wildman–Crippen LogP) is 3.47. The van der Waals surface area contributed by atoms with Gasteiger partial charge in [0.2, 0.25) is 6.79 Å². The van der Waals surface area contributed by atoms with Gasteiger partial charge in [0.05, 0.1) is 22.9 Å². The smallest absolute Gasteiger partial charge is 0.255 e. The third-order valence-electron chi connectivity index (χ3n) is 4.59. The fourth-order valence-electron chi connectivity index (χ4n) is 3.01. The van der Waals surface area contributed by atoms with Crippen molar-refractivity contribution in [3.8, 4) is 17.6 Å². The molecule has 1 heterocycles. The first-order chi connectivity index (χ1) is 14.6. The molecule has 2 N–H and O–H groups in total. The number of nitriles is 1. The Morgan fingerprint density at radius 2 is 1.70 bits per heavy atom. The van der Waals surface area contributed by atoms with Crippen LogP contribution in [0.3, 0.4) is 0 Å². The molecule has 30 heavy (non-hydrogen) atoms. The lowest BCUT2D eigenvalue weighted by Crippen LogP contribution is -2.24. The molecular weight excluding hydrogens is 382 g/mol. The number of carbonyl (C=O) groups excluding carboxylic acids is 2. The number of hydrogen-bond donors (Lipinski definition) is 2. The van der Waals surface area contributed by atoms with Crippen LogP contribution in [0.15, 0.2) is 66.7 Å². The molecule has 3 aromatic rings. The molecule has 148 valence electrons. The maximum Gasteiger partial charge on any atom is 0.255 e. The zero-order valence-electron chi connectivity index (χ0n) is 15.8. The molecular formula is C23H17N3O4. The lowest BCUT2D eigenvalue weighted by atomic mass is 10.1. The number of nitrogens with zero attached hydrogens (tertiary/aromatic N) is 1. The minimum atomic E-state index is -0.365. The van der Waals surface area contributed by atoms with E-state index in [0.717, 1.165) is 5.56 Å². The van der Waals surface area contributed by atoms with E-state index >= 15 is 0 Å². The van der Waals surface area contributed by atoms with Crippen LogP contribution in [0.4, 0.5) is 5.69 Å². The lowest BCUT2D eigenvalue weighted by Gasteiger charge is -2.12. The van der Waals surface area contributed by atoms with E-state index in [1.807, 2.05) is 18.2 Å². The summed E-state index contributed by atoms with van der Waals surface area (Å²) in [5, 5.41) is 14.5. The van der Waals surface area contributed by atoms with Crippen molar-refractivity contribution in [3.63, 3.8) is 0 Å². The van der Waals surface area contributed by atoms with Gasteiger partial charge < -0.3 is 20.1 Å². The van der Waals surface area contributed by atoms with Crippen LogP contribution < -0.4 is 20.1 Å². The second-order valence-electron chi connectivity index (χ2n) is 6.56. The van der Waals surface area contributed by atoms with E-state index in [4.69, 9.17) is 14.7 Å². The summed E-state index contributed by atoms with van der Waals surface area (Å²) in [6.45, 7) is 0.491. The SMILES string of the molecule is N#Cc1ccc(C(=O)Nc2ccccc2C(=O)NCc2ccc3c(c2)OCO3)cc1. The molecule has 0 fully saturated rings. The van der Waals surface area contributed by atoms with Gasteiger partial charge in [-0.15, -0.1) is 0 Å². The first-order valence-corrected chi connectivity index (χ1v) is 9.21. The number of para-hydroxylation sites is 1. The molecule has 0 radical (unpaired) electrons. The number of hydrogen-bond acceptors (Lipinski definition) is 5. The lowest BCUT2D eigenvalue weighted by molar-refractivity contribution is 0.0951. The predicted molar refractivity (Wildman–Crippen MR) is 109 cm³/mol. The second kappa shape index (κ2) is 8.37. The van der Waals surface area contributed by atoms with Gasteiger partial charge in [-0.1, -0.05) is 18.2 Å². The number of benzene rings is 3. The highest BCUT2D eigenvalue weighted by Crippen LogP contribution is 2.32. The van der Waals surface area contributed by atoms with E-state index < -0.39 is 0 Å². The summed E-state index contributed by atoms with van der Waals surface area (Å²) in [4.78, 5) is 25.2. The van der Waals surface area contributed by atoms with Crippen molar-refractivity contribution in [2.45, 2.75) is 6.54 Å². The summed E-state index contributed by atoms with van der Waals surface area (Å²) >= 11 is 0. The van der Waals surface area contributed by atoms with Crippen molar-refractivity contribution < 1.29 is 19.1 Å². The molecule has 1 aliphatic heterocycles. The fraction of sp³-hybridized carbons (Fsp3) is 0.0870. The molecule has 3 aromatic carbocycles. The van der Waals surface area contributed by atoms with E-state index in [1.165, 1.54) is 0 Å². The van der Waals surface area contributed by atoms with Crippen molar-refractivity contribution in [3.05, 3.63) is 89.0 Å². The van der Waals surface area contributed by atoms with Gasteiger partial charge in [0.1, 0.15) is 0 Å². The van der Waals surface area contributed by atoms with Crippen LogP contribution in [0.1, 0.15) is 31.8 Å². The van der Waals surface area contributed by atoms with Gasteiger partial charge in [-0.3, -0.25) is 9.59 Å². The Kier molecular flexibility index (Phi) is 5.31. The first kappa shape index (κ1) is 19.0. The van der Waals surface area contributed by atoms with Crippen molar-refractivity contribution in [2.75, 3.05) is 12.1 Å². The normalized spacial score (nSPS) is 11.4. The summed E-state index contributed by atoms with van der Waals surface area (Å²) < 4.78 is 10.6. The van der Waals surface area contributed by atoms with Crippen molar-refractivity contribution in [1.29, 1.82) is 5.26 Å². The number of amides is 2. The summed E-state index contributed by atoms with van der Waals surface area (Å²) in [6.07, 6.45) is 0.